The highest BCUT2D eigenvalue weighted by atomic mass is 19.2. The van der Waals surface area contributed by atoms with Crippen molar-refractivity contribution in [2.75, 3.05) is 23.3 Å². The van der Waals surface area contributed by atoms with E-state index < -0.39 is 11.5 Å². The van der Waals surface area contributed by atoms with Crippen LogP contribution in [0, 0.1) is 5.92 Å². The van der Waals surface area contributed by atoms with Gasteiger partial charge in [-0.2, -0.15) is 4.39 Å². The quantitative estimate of drug-likeness (QED) is 0.392. The predicted octanol–water partition coefficient (Wildman–Crippen LogP) is 5.09. The Morgan fingerprint density at radius 1 is 0.972 bits per heavy atom. The molecule has 0 spiro atoms. The summed E-state index contributed by atoms with van der Waals surface area (Å²) in [7, 11) is 0. The van der Waals surface area contributed by atoms with Crippen LogP contribution in [0.4, 0.5) is 16.0 Å². The molecule has 2 fully saturated rings. The standard InChI is InChI=1S/C28H30FN5O2/c1-27(2,35)19-13-14-34(17-19)25-26(33-23-10-6-5-9-22(23)32-25)36-28(29)15-20(16-28)30-24-12-11-18-7-3-4-8-21(18)31-24/h3-12,19-20,35H,13-17H2,1-2H3,(H,30,31). The van der Waals surface area contributed by atoms with Crippen molar-refractivity contribution in [3.63, 3.8) is 0 Å². The molecule has 36 heavy (non-hydrogen) atoms. The SMILES string of the molecule is CC(C)(O)C1CCN(c2nc3ccccc3nc2OC2(F)CC(Nc3ccc4ccccc4n3)C2)C1. The highest BCUT2D eigenvalue weighted by molar-refractivity contribution is 5.80. The number of anilines is 2. The minimum absolute atomic E-state index is 0.0877. The lowest BCUT2D eigenvalue weighted by Crippen LogP contribution is -2.51. The molecule has 3 heterocycles. The molecular weight excluding hydrogens is 457 g/mol. The van der Waals surface area contributed by atoms with Crippen LogP contribution in [0.2, 0.25) is 0 Å². The molecule has 2 aliphatic rings. The summed E-state index contributed by atoms with van der Waals surface area (Å²) in [4.78, 5) is 16.1. The molecule has 4 aromatic rings. The maximum atomic E-state index is 15.7. The molecule has 0 bridgehead atoms. The van der Waals surface area contributed by atoms with Crippen LogP contribution in [0.5, 0.6) is 5.88 Å². The first-order chi connectivity index (χ1) is 17.3. The number of hydrogen-bond acceptors (Lipinski definition) is 7. The number of nitrogens with zero attached hydrogens (tertiary/aromatic N) is 4. The zero-order chi connectivity index (χ0) is 24.9. The van der Waals surface area contributed by atoms with E-state index in [-0.39, 0.29) is 30.7 Å². The summed E-state index contributed by atoms with van der Waals surface area (Å²) in [6.07, 6.45) is 1.19. The molecule has 7 nitrogen and oxygen atoms in total. The van der Waals surface area contributed by atoms with Gasteiger partial charge in [0.05, 0.1) is 22.2 Å². The molecule has 1 aliphatic heterocycles. The van der Waals surface area contributed by atoms with Gasteiger partial charge >= 0.3 is 0 Å². The fourth-order valence-corrected chi connectivity index (χ4v) is 5.17. The van der Waals surface area contributed by atoms with Crippen molar-refractivity contribution >= 4 is 33.6 Å². The zero-order valence-corrected chi connectivity index (χ0v) is 20.5. The van der Waals surface area contributed by atoms with Gasteiger partial charge in [0.15, 0.2) is 5.82 Å². The molecule has 2 N–H and O–H groups in total. The van der Waals surface area contributed by atoms with Crippen LogP contribution in [0.1, 0.15) is 33.1 Å². The van der Waals surface area contributed by atoms with Crippen LogP contribution in [-0.4, -0.2) is 50.6 Å². The van der Waals surface area contributed by atoms with E-state index in [2.05, 4.69) is 15.3 Å². The number of aromatic nitrogens is 3. The van der Waals surface area contributed by atoms with Crippen molar-refractivity contribution in [3.05, 3.63) is 60.7 Å². The Balaban J connectivity index is 1.20. The van der Waals surface area contributed by atoms with E-state index in [1.165, 1.54) is 0 Å². The van der Waals surface area contributed by atoms with Gasteiger partial charge in [-0.25, -0.2) is 15.0 Å². The molecule has 1 saturated heterocycles. The van der Waals surface area contributed by atoms with Gasteiger partial charge in [-0.1, -0.05) is 30.3 Å². The van der Waals surface area contributed by atoms with Gasteiger partial charge in [0.25, 0.3) is 11.7 Å². The van der Waals surface area contributed by atoms with E-state index >= 15 is 4.39 Å². The number of rotatable bonds is 6. The largest absolute Gasteiger partial charge is 0.438 e. The van der Waals surface area contributed by atoms with E-state index in [1.54, 1.807) is 0 Å². The summed E-state index contributed by atoms with van der Waals surface area (Å²) < 4.78 is 21.7. The Kier molecular flexibility index (Phi) is 5.44. The third-order valence-corrected chi connectivity index (χ3v) is 7.34. The van der Waals surface area contributed by atoms with Crippen molar-refractivity contribution in [2.24, 2.45) is 5.92 Å². The van der Waals surface area contributed by atoms with Crippen molar-refractivity contribution in [2.45, 2.75) is 50.6 Å². The van der Waals surface area contributed by atoms with Crippen molar-refractivity contribution < 1.29 is 14.2 Å². The lowest BCUT2D eigenvalue weighted by atomic mass is 9.86. The molecule has 2 aromatic heterocycles. The van der Waals surface area contributed by atoms with Crippen LogP contribution in [0.25, 0.3) is 21.9 Å². The van der Waals surface area contributed by atoms with Gasteiger partial charge in [0, 0.05) is 43.3 Å². The Bertz CT molecular complexity index is 1420. The van der Waals surface area contributed by atoms with E-state index in [0.717, 1.165) is 28.7 Å². The monoisotopic (exact) mass is 487 g/mol. The second kappa shape index (κ2) is 8.55. The first-order valence-electron chi connectivity index (χ1n) is 12.5. The minimum Gasteiger partial charge on any atom is -0.438 e. The predicted molar refractivity (Wildman–Crippen MR) is 139 cm³/mol. The minimum atomic E-state index is -1.84. The topological polar surface area (TPSA) is 83.4 Å². The summed E-state index contributed by atoms with van der Waals surface area (Å²) in [5.74, 6) is -0.290. The zero-order valence-electron chi connectivity index (χ0n) is 20.5. The number of aliphatic hydroxyl groups is 1. The molecule has 6 rings (SSSR count). The lowest BCUT2D eigenvalue weighted by molar-refractivity contribution is -0.132. The summed E-state index contributed by atoms with van der Waals surface area (Å²) in [5.41, 5.74) is 1.49. The molecular formula is C28H30FN5O2. The molecule has 1 atom stereocenters. The van der Waals surface area contributed by atoms with Crippen LogP contribution < -0.4 is 15.0 Å². The number of nitrogens with one attached hydrogen (secondary N) is 1. The fourth-order valence-electron chi connectivity index (χ4n) is 5.17. The molecule has 0 radical (unpaired) electrons. The third kappa shape index (κ3) is 4.41. The summed E-state index contributed by atoms with van der Waals surface area (Å²) in [5, 5.41) is 14.9. The first kappa shape index (κ1) is 22.9. The number of para-hydroxylation sites is 3. The van der Waals surface area contributed by atoms with Crippen LogP contribution in [-0.2, 0) is 0 Å². The molecule has 1 aliphatic carbocycles. The third-order valence-electron chi connectivity index (χ3n) is 7.34. The second-order valence-corrected chi connectivity index (χ2v) is 10.6. The Morgan fingerprint density at radius 3 is 2.39 bits per heavy atom. The highest BCUT2D eigenvalue weighted by Gasteiger charge is 2.49. The maximum Gasteiger partial charge on any atom is 0.261 e. The first-order valence-corrected chi connectivity index (χ1v) is 12.5. The van der Waals surface area contributed by atoms with Crippen molar-refractivity contribution in [1.29, 1.82) is 0 Å². The molecule has 1 unspecified atom stereocenters. The van der Waals surface area contributed by atoms with Gasteiger partial charge in [-0.3, -0.25) is 0 Å². The normalized spacial score (nSPS) is 24.2. The number of fused-ring (bicyclic) bond motifs is 2. The highest BCUT2D eigenvalue weighted by Crippen LogP contribution is 2.43. The maximum absolute atomic E-state index is 15.7. The van der Waals surface area contributed by atoms with Gasteiger partial charge in [-0.15, -0.1) is 0 Å². The molecule has 1 saturated carbocycles. The van der Waals surface area contributed by atoms with E-state index in [4.69, 9.17) is 9.72 Å². The number of hydrogen-bond donors (Lipinski definition) is 2. The Morgan fingerprint density at radius 2 is 1.67 bits per heavy atom. The van der Waals surface area contributed by atoms with Gasteiger partial charge in [-0.05, 0) is 50.6 Å². The average molecular weight is 488 g/mol. The van der Waals surface area contributed by atoms with E-state index in [9.17, 15) is 5.11 Å². The number of ether oxygens (including phenoxy) is 1. The average Bonchev–Trinajstić information content (AvgIpc) is 3.33. The number of halogens is 1. The van der Waals surface area contributed by atoms with E-state index in [1.807, 2.05) is 79.4 Å². The molecule has 8 heteroatoms. The van der Waals surface area contributed by atoms with Crippen molar-refractivity contribution in [3.8, 4) is 5.88 Å². The van der Waals surface area contributed by atoms with Gasteiger partial charge in [0.2, 0.25) is 0 Å². The van der Waals surface area contributed by atoms with Gasteiger partial charge in [0.1, 0.15) is 5.82 Å². The summed E-state index contributed by atoms with van der Waals surface area (Å²) >= 11 is 0. The Hall–Kier alpha value is -3.52. The van der Waals surface area contributed by atoms with Gasteiger partial charge < -0.3 is 20.1 Å². The lowest BCUT2D eigenvalue weighted by Gasteiger charge is -2.41. The summed E-state index contributed by atoms with van der Waals surface area (Å²) in [6.45, 7) is 4.97. The Labute approximate surface area is 209 Å². The summed E-state index contributed by atoms with van der Waals surface area (Å²) in [6, 6.07) is 19.3. The smallest absolute Gasteiger partial charge is 0.261 e. The van der Waals surface area contributed by atoms with E-state index in [0.29, 0.717) is 24.4 Å². The molecule has 2 aromatic carbocycles. The van der Waals surface area contributed by atoms with Crippen LogP contribution in [0.15, 0.2) is 60.7 Å². The number of pyridine rings is 1. The van der Waals surface area contributed by atoms with Crippen LogP contribution >= 0.6 is 0 Å². The van der Waals surface area contributed by atoms with Crippen molar-refractivity contribution in [1.82, 2.24) is 15.0 Å². The van der Waals surface area contributed by atoms with Crippen LogP contribution in [0.3, 0.4) is 0 Å². The molecule has 0 amide bonds. The number of benzene rings is 2. The number of alkyl halides is 1. The fraction of sp³-hybridized carbons (Fsp3) is 0.393. The molecule has 186 valence electrons. The second-order valence-electron chi connectivity index (χ2n) is 10.6.